The van der Waals surface area contributed by atoms with Gasteiger partial charge in [0.05, 0.1) is 0 Å². The Morgan fingerprint density at radius 3 is 2.80 bits per heavy atom. The van der Waals surface area contributed by atoms with Gasteiger partial charge in [-0.15, -0.1) is 0 Å². The first-order valence-electron chi connectivity index (χ1n) is 7.25. The normalized spacial score (nSPS) is 12.2. The van der Waals surface area contributed by atoms with Crippen molar-refractivity contribution in [1.82, 2.24) is 0 Å². The molecular weight excluding hydrogens is 274 g/mol. The molecule has 0 saturated heterocycles. The molecule has 2 N–H and O–H groups in total. The number of carbonyl (C=O) groups excluding carboxylic acids is 1. The molecule has 0 heterocycles. The van der Waals surface area contributed by atoms with Crippen LogP contribution in [0.4, 0.5) is 0 Å². The van der Waals surface area contributed by atoms with E-state index >= 15 is 0 Å². The molecule has 20 heavy (non-hydrogen) atoms. The number of hydrogen-bond acceptors (Lipinski definition) is 3. The first-order valence-corrected chi connectivity index (χ1v) is 7.63. The number of ether oxygens (including phenoxy) is 1. The Morgan fingerprint density at radius 1 is 1.35 bits per heavy atom. The zero-order chi connectivity index (χ0) is 14.8. The van der Waals surface area contributed by atoms with Crippen molar-refractivity contribution in [2.24, 2.45) is 11.7 Å². The van der Waals surface area contributed by atoms with Crippen molar-refractivity contribution in [3.63, 3.8) is 0 Å². The topological polar surface area (TPSA) is 52.3 Å². The van der Waals surface area contributed by atoms with E-state index in [4.69, 9.17) is 22.1 Å². The molecule has 1 aromatic rings. The zero-order valence-electron chi connectivity index (χ0n) is 12.1. The smallest absolute Gasteiger partial charge is 0.306 e. The van der Waals surface area contributed by atoms with Gasteiger partial charge in [-0.3, -0.25) is 4.79 Å². The lowest BCUT2D eigenvalue weighted by Crippen LogP contribution is -2.12. The molecule has 0 fully saturated rings. The van der Waals surface area contributed by atoms with E-state index in [1.54, 1.807) is 6.07 Å². The highest BCUT2D eigenvalue weighted by Crippen LogP contribution is 2.18. The van der Waals surface area contributed by atoms with Crippen molar-refractivity contribution in [3.8, 4) is 0 Å². The Morgan fingerprint density at radius 2 is 2.15 bits per heavy atom. The largest absolute Gasteiger partial charge is 0.461 e. The summed E-state index contributed by atoms with van der Waals surface area (Å²) in [5.41, 5.74) is 6.50. The average molecular weight is 298 g/mol. The number of hydrogen-bond donors (Lipinski definition) is 1. The number of rotatable bonds is 9. The van der Waals surface area contributed by atoms with Gasteiger partial charge in [0.2, 0.25) is 0 Å². The summed E-state index contributed by atoms with van der Waals surface area (Å²) >= 11 is 5.88. The van der Waals surface area contributed by atoms with Gasteiger partial charge in [-0.1, -0.05) is 43.5 Å². The maximum atomic E-state index is 11.7. The molecule has 1 unspecified atom stereocenters. The van der Waals surface area contributed by atoms with Crippen LogP contribution < -0.4 is 5.73 Å². The standard InChI is InChI=1S/C16H24ClNO2/c1-2-4-13(9-10-18)7-8-16(19)20-12-14-5-3-6-15(17)11-14/h3,5-6,11,13H,2,4,7-10,12,18H2,1H3. The molecule has 0 bridgehead atoms. The number of benzene rings is 1. The van der Waals surface area contributed by atoms with Crippen molar-refractivity contribution in [2.45, 2.75) is 45.6 Å². The molecule has 0 aliphatic rings. The maximum Gasteiger partial charge on any atom is 0.306 e. The molecule has 0 radical (unpaired) electrons. The summed E-state index contributed by atoms with van der Waals surface area (Å²) in [5, 5.41) is 0.657. The van der Waals surface area contributed by atoms with Gasteiger partial charge in [0.1, 0.15) is 6.61 Å². The minimum atomic E-state index is -0.150. The van der Waals surface area contributed by atoms with Crippen LogP contribution in [0.15, 0.2) is 24.3 Å². The second kappa shape index (κ2) is 9.78. The fraction of sp³-hybridized carbons (Fsp3) is 0.562. The number of halogens is 1. The summed E-state index contributed by atoms with van der Waals surface area (Å²) in [5.74, 6) is 0.381. The second-order valence-corrected chi connectivity index (χ2v) is 5.50. The molecule has 0 amide bonds. The lowest BCUT2D eigenvalue weighted by Gasteiger charge is -2.14. The van der Waals surface area contributed by atoms with Crippen LogP contribution in [0.3, 0.4) is 0 Å². The van der Waals surface area contributed by atoms with E-state index in [0.717, 1.165) is 31.2 Å². The minimum Gasteiger partial charge on any atom is -0.461 e. The van der Waals surface area contributed by atoms with Gasteiger partial charge < -0.3 is 10.5 Å². The Labute approximate surface area is 126 Å². The predicted octanol–water partition coefficient (Wildman–Crippen LogP) is 3.93. The van der Waals surface area contributed by atoms with E-state index in [-0.39, 0.29) is 12.6 Å². The molecule has 0 spiro atoms. The van der Waals surface area contributed by atoms with Gasteiger partial charge in [0, 0.05) is 11.4 Å². The summed E-state index contributed by atoms with van der Waals surface area (Å²) in [6.07, 6.45) is 4.56. The molecule has 0 aliphatic heterocycles. The fourth-order valence-electron chi connectivity index (χ4n) is 2.26. The van der Waals surface area contributed by atoms with Crippen LogP contribution >= 0.6 is 11.6 Å². The molecule has 1 aromatic carbocycles. The Kier molecular flexibility index (Phi) is 8.31. The Balaban J connectivity index is 2.29. The maximum absolute atomic E-state index is 11.7. The Bertz CT molecular complexity index is 403. The van der Waals surface area contributed by atoms with Crippen molar-refractivity contribution in [3.05, 3.63) is 34.9 Å². The van der Waals surface area contributed by atoms with Crippen LogP contribution in [0.1, 0.15) is 44.6 Å². The van der Waals surface area contributed by atoms with E-state index in [1.807, 2.05) is 18.2 Å². The highest BCUT2D eigenvalue weighted by molar-refractivity contribution is 6.30. The monoisotopic (exact) mass is 297 g/mol. The van der Waals surface area contributed by atoms with Crippen molar-refractivity contribution in [2.75, 3.05) is 6.54 Å². The third-order valence-electron chi connectivity index (χ3n) is 3.32. The molecule has 1 atom stereocenters. The third kappa shape index (κ3) is 6.92. The van der Waals surface area contributed by atoms with Crippen LogP contribution in [0.5, 0.6) is 0 Å². The van der Waals surface area contributed by atoms with Gasteiger partial charge in [-0.2, -0.15) is 0 Å². The van der Waals surface area contributed by atoms with E-state index in [9.17, 15) is 4.79 Å². The summed E-state index contributed by atoms with van der Waals surface area (Å²) < 4.78 is 5.26. The van der Waals surface area contributed by atoms with Gasteiger partial charge in [-0.25, -0.2) is 0 Å². The van der Waals surface area contributed by atoms with Crippen molar-refractivity contribution < 1.29 is 9.53 Å². The van der Waals surface area contributed by atoms with E-state index in [2.05, 4.69) is 6.92 Å². The van der Waals surface area contributed by atoms with Gasteiger partial charge in [-0.05, 0) is 43.0 Å². The summed E-state index contributed by atoms with van der Waals surface area (Å²) in [6.45, 7) is 3.12. The highest BCUT2D eigenvalue weighted by atomic mass is 35.5. The molecule has 1 rings (SSSR count). The van der Waals surface area contributed by atoms with Crippen LogP contribution in [-0.2, 0) is 16.1 Å². The lowest BCUT2D eigenvalue weighted by atomic mass is 9.94. The van der Waals surface area contributed by atoms with E-state index < -0.39 is 0 Å². The quantitative estimate of drug-likeness (QED) is 0.703. The SMILES string of the molecule is CCCC(CCN)CCC(=O)OCc1cccc(Cl)c1. The van der Waals surface area contributed by atoms with Crippen LogP contribution in [0, 0.1) is 5.92 Å². The zero-order valence-corrected chi connectivity index (χ0v) is 12.9. The highest BCUT2D eigenvalue weighted by Gasteiger charge is 2.11. The predicted molar refractivity (Wildman–Crippen MR) is 82.6 cm³/mol. The molecule has 3 nitrogen and oxygen atoms in total. The second-order valence-electron chi connectivity index (χ2n) is 5.06. The molecule has 4 heteroatoms. The molecule has 0 aromatic heterocycles. The third-order valence-corrected chi connectivity index (χ3v) is 3.55. The lowest BCUT2D eigenvalue weighted by molar-refractivity contribution is -0.145. The van der Waals surface area contributed by atoms with Crippen LogP contribution in [-0.4, -0.2) is 12.5 Å². The van der Waals surface area contributed by atoms with Crippen LogP contribution in [0.2, 0.25) is 5.02 Å². The van der Waals surface area contributed by atoms with Gasteiger partial charge in [0.15, 0.2) is 0 Å². The Hall–Kier alpha value is -1.06. The number of esters is 1. The first kappa shape index (κ1) is 17.0. The summed E-state index contributed by atoms with van der Waals surface area (Å²) in [7, 11) is 0. The molecular formula is C16H24ClNO2. The fourth-order valence-corrected chi connectivity index (χ4v) is 2.47. The van der Waals surface area contributed by atoms with Gasteiger partial charge in [0.25, 0.3) is 0 Å². The average Bonchev–Trinajstić information content (AvgIpc) is 2.43. The molecule has 0 aliphatic carbocycles. The van der Waals surface area contributed by atoms with Crippen LogP contribution in [0.25, 0.3) is 0 Å². The molecule has 0 saturated carbocycles. The first-order chi connectivity index (χ1) is 9.65. The van der Waals surface area contributed by atoms with Gasteiger partial charge >= 0.3 is 5.97 Å². The van der Waals surface area contributed by atoms with E-state index in [0.29, 0.717) is 23.9 Å². The minimum absolute atomic E-state index is 0.150. The number of nitrogens with two attached hydrogens (primary N) is 1. The summed E-state index contributed by atoms with van der Waals surface area (Å²) in [4.78, 5) is 11.7. The summed E-state index contributed by atoms with van der Waals surface area (Å²) in [6, 6.07) is 7.36. The molecule has 112 valence electrons. The van der Waals surface area contributed by atoms with E-state index in [1.165, 1.54) is 0 Å². The van der Waals surface area contributed by atoms with Crippen molar-refractivity contribution in [1.29, 1.82) is 0 Å². The number of carbonyl (C=O) groups is 1. The van der Waals surface area contributed by atoms with Crippen molar-refractivity contribution >= 4 is 17.6 Å².